The van der Waals surface area contributed by atoms with E-state index < -0.39 is 0 Å². The number of methoxy groups -OCH3 is 1. The summed E-state index contributed by atoms with van der Waals surface area (Å²) < 4.78 is 11.1. The Bertz CT molecular complexity index is 450. The number of nitrogens with two attached hydrogens (primary N) is 1. The molecule has 2 unspecified atom stereocenters. The van der Waals surface area contributed by atoms with Gasteiger partial charge in [0, 0.05) is 24.7 Å². The lowest BCUT2D eigenvalue weighted by atomic mass is 9.95. The highest BCUT2D eigenvalue weighted by atomic mass is 16.5. The standard InChI is InChI=1S/C17H28N2O2/c1-4-21-17-10-14(20-3)7-8-15(17)16(11-18)19-9-5-6-13(2)12-19/h7-8,10,13,16H,4-6,9,11-12,18H2,1-3H3. The Morgan fingerprint density at radius 3 is 2.86 bits per heavy atom. The van der Waals surface area contributed by atoms with E-state index in [0.29, 0.717) is 13.2 Å². The van der Waals surface area contributed by atoms with Crippen LogP contribution >= 0.6 is 0 Å². The molecule has 1 aliphatic rings. The molecule has 1 aromatic rings. The van der Waals surface area contributed by atoms with Crippen molar-refractivity contribution in [3.05, 3.63) is 23.8 Å². The van der Waals surface area contributed by atoms with Gasteiger partial charge in [-0.15, -0.1) is 0 Å². The molecule has 1 fully saturated rings. The van der Waals surface area contributed by atoms with Crippen molar-refractivity contribution >= 4 is 0 Å². The van der Waals surface area contributed by atoms with Crippen LogP contribution in [0.4, 0.5) is 0 Å². The molecule has 2 rings (SSSR count). The maximum absolute atomic E-state index is 6.09. The molecular formula is C17H28N2O2. The first-order valence-electron chi connectivity index (χ1n) is 7.94. The first kappa shape index (κ1) is 16.1. The van der Waals surface area contributed by atoms with E-state index in [4.69, 9.17) is 15.2 Å². The number of likely N-dealkylation sites (tertiary alicyclic amines) is 1. The van der Waals surface area contributed by atoms with Gasteiger partial charge in [0.15, 0.2) is 0 Å². The molecule has 0 saturated carbocycles. The second-order valence-corrected chi connectivity index (χ2v) is 5.83. The number of hydrogen-bond donors (Lipinski definition) is 1. The highest BCUT2D eigenvalue weighted by molar-refractivity contribution is 5.42. The summed E-state index contributed by atoms with van der Waals surface area (Å²) in [6.45, 7) is 7.80. The van der Waals surface area contributed by atoms with Gasteiger partial charge in [0.25, 0.3) is 0 Å². The lowest BCUT2D eigenvalue weighted by Crippen LogP contribution is -2.40. The summed E-state index contributed by atoms with van der Waals surface area (Å²) in [6, 6.07) is 6.28. The molecule has 0 aromatic heterocycles. The van der Waals surface area contributed by atoms with Gasteiger partial charge in [-0.05, 0) is 38.3 Å². The van der Waals surface area contributed by atoms with Crippen LogP contribution in [0.2, 0.25) is 0 Å². The van der Waals surface area contributed by atoms with Crippen LogP contribution < -0.4 is 15.2 Å². The molecule has 21 heavy (non-hydrogen) atoms. The average molecular weight is 292 g/mol. The van der Waals surface area contributed by atoms with Crippen LogP contribution in [-0.2, 0) is 0 Å². The quantitative estimate of drug-likeness (QED) is 0.876. The average Bonchev–Trinajstić information content (AvgIpc) is 2.50. The first-order chi connectivity index (χ1) is 10.2. The van der Waals surface area contributed by atoms with Gasteiger partial charge in [-0.1, -0.05) is 13.0 Å². The van der Waals surface area contributed by atoms with Gasteiger partial charge in [0.1, 0.15) is 11.5 Å². The second-order valence-electron chi connectivity index (χ2n) is 5.83. The molecular weight excluding hydrogens is 264 g/mol. The summed E-state index contributed by atoms with van der Waals surface area (Å²) in [5, 5.41) is 0. The lowest BCUT2D eigenvalue weighted by molar-refractivity contribution is 0.130. The van der Waals surface area contributed by atoms with Gasteiger partial charge in [-0.25, -0.2) is 0 Å². The number of benzene rings is 1. The second kappa shape index (κ2) is 7.66. The van der Waals surface area contributed by atoms with Gasteiger partial charge in [-0.3, -0.25) is 4.90 Å². The molecule has 0 aliphatic carbocycles. The molecule has 2 N–H and O–H groups in total. The largest absolute Gasteiger partial charge is 0.497 e. The van der Waals surface area contributed by atoms with Crippen molar-refractivity contribution in [1.29, 1.82) is 0 Å². The number of piperidine rings is 1. The maximum atomic E-state index is 6.09. The van der Waals surface area contributed by atoms with E-state index in [-0.39, 0.29) is 6.04 Å². The predicted molar refractivity (Wildman–Crippen MR) is 85.9 cm³/mol. The van der Waals surface area contributed by atoms with Gasteiger partial charge in [0.05, 0.1) is 19.8 Å². The Labute approximate surface area is 128 Å². The van der Waals surface area contributed by atoms with Crippen LogP contribution in [0, 0.1) is 5.92 Å². The van der Waals surface area contributed by atoms with E-state index >= 15 is 0 Å². The van der Waals surface area contributed by atoms with E-state index in [0.717, 1.165) is 30.5 Å². The van der Waals surface area contributed by atoms with Crippen molar-refractivity contribution in [2.24, 2.45) is 11.7 Å². The Kier molecular flexibility index (Phi) is 5.88. The minimum Gasteiger partial charge on any atom is -0.497 e. The molecule has 0 radical (unpaired) electrons. The summed E-state index contributed by atoms with van der Waals surface area (Å²) >= 11 is 0. The fraction of sp³-hybridized carbons (Fsp3) is 0.647. The number of rotatable bonds is 6. The zero-order valence-electron chi connectivity index (χ0n) is 13.5. The molecule has 1 saturated heterocycles. The SMILES string of the molecule is CCOc1cc(OC)ccc1C(CN)N1CCCC(C)C1. The zero-order valence-corrected chi connectivity index (χ0v) is 13.5. The van der Waals surface area contributed by atoms with Crippen LogP contribution in [0.1, 0.15) is 38.3 Å². The van der Waals surface area contributed by atoms with E-state index in [1.165, 1.54) is 18.4 Å². The van der Waals surface area contributed by atoms with Crippen LogP contribution in [0.5, 0.6) is 11.5 Å². The fourth-order valence-electron chi connectivity index (χ4n) is 3.18. The van der Waals surface area contributed by atoms with Crippen molar-refractivity contribution < 1.29 is 9.47 Å². The third kappa shape index (κ3) is 3.89. The molecule has 4 nitrogen and oxygen atoms in total. The zero-order chi connectivity index (χ0) is 15.2. The van der Waals surface area contributed by atoms with Gasteiger partial charge < -0.3 is 15.2 Å². The molecule has 1 aromatic carbocycles. The number of ether oxygens (including phenoxy) is 2. The molecule has 0 bridgehead atoms. The topological polar surface area (TPSA) is 47.7 Å². The van der Waals surface area contributed by atoms with Crippen LogP contribution in [0.25, 0.3) is 0 Å². The predicted octanol–water partition coefficient (Wildman–Crippen LogP) is 2.83. The van der Waals surface area contributed by atoms with E-state index in [2.05, 4.69) is 17.9 Å². The molecule has 4 heteroatoms. The molecule has 0 spiro atoms. The van der Waals surface area contributed by atoms with Crippen LogP contribution in [0.15, 0.2) is 18.2 Å². The molecule has 118 valence electrons. The normalized spacial score (nSPS) is 21.0. The van der Waals surface area contributed by atoms with Gasteiger partial charge in [0.2, 0.25) is 0 Å². The highest BCUT2D eigenvalue weighted by Crippen LogP contribution is 2.34. The fourth-order valence-corrected chi connectivity index (χ4v) is 3.18. The first-order valence-corrected chi connectivity index (χ1v) is 7.94. The Hall–Kier alpha value is -1.26. The van der Waals surface area contributed by atoms with E-state index in [9.17, 15) is 0 Å². The van der Waals surface area contributed by atoms with Crippen molar-refractivity contribution in [3.63, 3.8) is 0 Å². The Balaban J connectivity index is 2.27. The van der Waals surface area contributed by atoms with Crippen molar-refractivity contribution in [2.75, 3.05) is 33.4 Å². The molecule has 1 heterocycles. The summed E-state index contributed by atoms with van der Waals surface area (Å²) in [5.41, 5.74) is 7.26. The monoisotopic (exact) mass is 292 g/mol. The maximum Gasteiger partial charge on any atom is 0.127 e. The molecule has 0 amide bonds. The third-order valence-corrected chi connectivity index (χ3v) is 4.23. The van der Waals surface area contributed by atoms with E-state index in [1.807, 2.05) is 19.1 Å². The minimum atomic E-state index is 0.222. The molecule has 2 atom stereocenters. The van der Waals surface area contributed by atoms with Gasteiger partial charge in [-0.2, -0.15) is 0 Å². The smallest absolute Gasteiger partial charge is 0.127 e. The third-order valence-electron chi connectivity index (χ3n) is 4.23. The summed E-state index contributed by atoms with van der Waals surface area (Å²) in [5.74, 6) is 2.46. The van der Waals surface area contributed by atoms with Crippen molar-refractivity contribution in [3.8, 4) is 11.5 Å². The Morgan fingerprint density at radius 2 is 2.24 bits per heavy atom. The van der Waals surface area contributed by atoms with Crippen LogP contribution in [-0.4, -0.2) is 38.3 Å². The van der Waals surface area contributed by atoms with Crippen molar-refractivity contribution in [1.82, 2.24) is 4.90 Å². The number of hydrogen-bond acceptors (Lipinski definition) is 4. The minimum absolute atomic E-state index is 0.222. The molecule has 1 aliphatic heterocycles. The summed E-state index contributed by atoms with van der Waals surface area (Å²) in [7, 11) is 1.68. The van der Waals surface area contributed by atoms with Crippen molar-refractivity contribution in [2.45, 2.75) is 32.7 Å². The lowest BCUT2D eigenvalue weighted by Gasteiger charge is -2.37. The summed E-state index contributed by atoms with van der Waals surface area (Å²) in [4.78, 5) is 2.50. The summed E-state index contributed by atoms with van der Waals surface area (Å²) in [6.07, 6.45) is 2.56. The highest BCUT2D eigenvalue weighted by Gasteiger charge is 2.26. The Morgan fingerprint density at radius 1 is 1.43 bits per heavy atom. The number of nitrogens with zero attached hydrogens (tertiary/aromatic N) is 1. The van der Waals surface area contributed by atoms with Crippen LogP contribution in [0.3, 0.4) is 0 Å². The van der Waals surface area contributed by atoms with E-state index in [1.54, 1.807) is 7.11 Å². The van der Waals surface area contributed by atoms with Gasteiger partial charge >= 0.3 is 0 Å².